The zero-order valence-electron chi connectivity index (χ0n) is 8.38. The van der Waals surface area contributed by atoms with Crippen LogP contribution in [0.1, 0.15) is 22.3 Å². The predicted molar refractivity (Wildman–Crippen MR) is 56.6 cm³/mol. The maximum absolute atomic E-state index is 10.1. The molecular formula is C11H10N2O. The Hall–Kier alpha value is -2.00. The van der Waals surface area contributed by atoms with Crippen molar-refractivity contribution in [2.45, 2.75) is 20.8 Å². The van der Waals surface area contributed by atoms with Gasteiger partial charge >= 0.3 is 6.07 Å². The first-order valence-corrected chi connectivity index (χ1v) is 4.18. The maximum atomic E-state index is 10.1. The Morgan fingerprint density at radius 3 is 2.43 bits per heavy atom. The average Bonchev–Trinajstić information content (AvgIpc) is 2.12. The number of rotatable bonds is 0. The minimum Gasteiger partial charge on any atom is -0.498 e. The SMILES string of the molecule is [C-]#[N+]c1c(C)cc(C)c(C#[N+][O-])c1C. The summed E-state index contributed by atoms with van der Waals surface area (Å²) < 4.78 is 0. The monoisotopic (exact) mass is 186 g/mol. The Morgan fingerprint density at radius 1 is 1.29 bits per heavy atom. The van der Waals surface area contributed by atoms with Crippen LogP contribution < -0.4 is 0 Å². The van der Waals surface area contributed by atoms with Crippen molar-refractivity contribution in [3.8, 4) is 6.07 Å². The van der Waals surface area contributed by atoms with Crippen molar-refractivity contribution >= 4 is 5.69 Å². The van der Waals surface area contributed by atoms with Crippen molar-refractivity contribution in [1.82, 2.24) is 0 Å². The van der Waals surface area contributed by atoms with Crippen molar-refractivity contribution in [3.05, 3.63) is 50.0 Å². The molecule has 3 nitrogen and oxygen atoms in total. The van der Waals surface area contributed by atoms with E-state index in [4.69, 9.17) is 6.57 Å². The second-order valence-electron chi connectivity index (χ2n) is 3.17. The maximum Gasteiger partial charge on any atom is 0.335 e. The van der Waals surface area contributed by atoms with Gasteiger partial charge in [0.05, 0.1) is 12.1 Å². The molecule has 0 N–H and O–H groups in total. The third-order valence-electron chi connectivity index (χ3n) is 2.20. The minimum atomic E-state index is 0.585. The normalized spacial score (nSPS) is 8.71. The molecule has 0 heterocycles. The van der Waals surface area contributed by atoms with Gasteiger partial charge in [-0.3, -0.25) is 0 Å². The van der Waals surface area contributed by atoms with Gasteiger partial charge in [-0.15, -0.1) is 0 Å². The molecule has 0 amide bonds. The van der Waals surface area contributed by atoms with Gasteiger partial charge in [-0.25, -0.2) is 4.85 Å². The van der Waals surface area contributed by atoms with Gasteiger partial charge in [0.2, 0.25) is 0 Å². The molecule has 0 saturated carbocycles. The van der Waals surface area contributed by atoms with Crippen LogP contribution >= 0.6 is 0 Å². The average molecular weight is 186 g/mol. The predicted octanol–water partition coefficient (Wildman–Crippen LogP) is 3.34. The first kappa shape index (κ1) is 10.1. The fourth-order valence-corrected chi connectivity index (χ4v) is 1.56. The fourth-order valence-electron chi connectivity index (χ4n) is 1.56. The molecule has 1 aromatic carbocycles. The molecular weight excluding hydrogens is 176 g/mol. The molecule has 1 rings (SSSR count). The van der Waals surface area contributed by atoms with Gasteiger partial charge in [-0.1, -0.05) is 6.07 Å². The Morgan fingerprint density at radius 2 is 1.93 bits per heavy atom. The molecule has 0 aromatic heterocycles. The van der Waals surface area contributed by atoms with Crippen LogP contribution in [0.25, 0.3) is 9.85 Å². The van der Waals surface area contributed by atoms with Crippen molar-refractivity contribution in [1.29, 1.82) is 0 Å². The molecule has 0 atom stereocenters. The van der Waals surface area contributed by atoms with Crippen LogP contribution in [-0.4, -0.2) is 0 Å². The zero-order valence-corrected chi connectivity index (χ0v) is 8.38. The van der Waals surface area contributed by atoms with E-state index in [2.05, 4.69) is 15.9 Å². The lowest BCUT2D eigenvalue weighted by atomic mass is 9.98. The molecule has 0 aliphatic heterocycles. The van der Waals surface area contributed by atoms with Crippen LogP contribution in [0.2, 0.25) is 0 Å². The Kier molecular flexibility index (Phi) is 2.74. The first-order valence-electron chi connectivity index (χ1n) is 4.18. The van der Waals surface area contributed by atoms with Gasteiger partial charge in [-0.05, 0) is 37.5 Å². The molecule has 0 radical (unpaired) electrons. The highest BCUT2D eigenvalue weighted by Gasteiger charge is 2.12. The van der Waals surface area contributed by atoms with E-state index in [1.807, 2.05) is 19.9 Å². The van der Waals surface area contributed by atoms with Gasteiger partial charge < -0.3 is 5.21 Å². The molecule has 0 saturated heterocycles. The second-order valence-corrected chi connectivity index (χ2v) is 3.17. The lowest BCUT2D eigenvalue weighted by Crippen LogP contribution is -1.90. The number of aryl methyl sites for hydroxylation is 2. The third kappa shape index (κ3) is 1.53. The first-order chi connectivity index (χ1) is 6.61. The lowest BCUT2D eigenvalue weighted by Gasteiger charge is -2.05. The molecule has 0 fully saturated rings. The molecule has 1 aromatic rings. The largest absolute Gasteiger partial charge is 0.498 e. The highest BCUT2D eigenvalue weighted by molar-refractivity contribution is 5.65. The minimum absolute atomic E-state index is 0.585. The van der Waals surface area contributed by atoms with E-state index < -0.39 is 0 Å². The van der Waals surface area contributed by atoms with Gasteiger partial charge in [0.1, 0.15) is 0 Å². The summed E-state index contributed by atoms with van der Waals surface area (Å²) >= 11 is 0. The summed E-state index contributed by atoms with van der Waals surface area (Å²) in [5.41, 5.74) is 3.84. The van der Waals surface area contributed by atoms with Crippen LogP contribution in [0, 0.1) is 38.6 Å². The van der Waals surface area contributed by atoms with E-state index in [1.54, 1.807) is 6.92 Å². The summed E-state index contributed by atoms with van der Waals surface area (Å²) in [6.07, 6.45) is 0. The number of benzene rings is 1. The molecule has 70 valence electrons. The summed E-state index contributed by atoms with van der Waals surface area (Å²) in [6.45, 7) is 12.6. The Labute approximate surface area is 83.2 Å². The second kappa shape index (κ2) is 3.81. The van der Waals surface area contributed by atoms with Crippen molar-refractivity contribution < 1.29 is 0 Å². The fraction of sp³-hybridized carbons (Fsp3) is 0.273. The summed E-state index contributed by atoms with van der Waals surface area (Å²) in [5, 5.41) is 12.8. The van der Waals surface area contributed by atoms with Crippen LogP contribution in [0.5, 0.6) is 0 Å². The van der Waals surface area contributed by atoms with E-state index in [1.165, 1.54) is 0 Å². The third-order valence-corrected chi connectivity index (χ3v) is 2.20. The van der Waals surface area contributed by atoms with Crippen LogP contribution in [0.4, 0.5) is 5.69 Å². The van der Waals surface area contributed by atoms with Gasteiger partial charge in [0, 0.05) is 5.01 Å². The van der Waals surface area contributed by atoms with E-state index >= 15 is 0 Å². The highest BCUT2D eigenvalue weighted by Crippen LogP contribution is 2.28. The van der Waals surface area contributed by atoms with Gasteiger partial charge in [-0.2, -0.15) is 0 Å². The van der Waals surface area contributed by atoms with Crippen LogP contribution in [0.15, 0.2) is 6.07 Å². The van der Waals surface area contributed by atoms with E-state index in [0.717, 1.165) is 16.7 Å². The molecule has 0 bridgehead atoms. The van der Waals surface area contributed by atoms with E-state index in [-0.39, 0.29) is 0 Å². The zero-order chi connectivity index (χ0) is 10.7. The standard InChI is InChI=1S/C11H10N2O/c1-7-5-8(2)11(12-4)9(3)10(7)6-13-14/h5H,1-3H3. The van der Waals surface area contributed by atoms with Crippen LogP contribution in [0.3, 0.4) is 0 Å². The number of hydrogen-bond donors (Lipinski definition) is 0. The van der Waals surface area contributed by atoms with E-state index in [9.17, 15) is 5.21 Å². The summed E-state index contributed by atoms with van der Waals surface area (Å²) in [7, 11) is 0. The van der Waals surface area contributed by atoms with Crippen molar-refractivity contribution in [3.63, 3.8) is 0 Å². The number of hydrogen-bond acceptors (Lipinski definition) is 1. The molecule has 14 heavy (non-hydrogen) atoms. The summed E-state index contributed by atoms with van der Waals surface area (Å²) in [6, 6.07) is 4.24. The van der Waals surface area contributed by atoms with Crippen molar-refractivity contribution in [2.24, 2.45) is 0 Å². The molecule has 0 unspecified atom stereocenters. The molecule has 0 aliphatic carbocycles. The highest BCUT2D eigenvalue weighted by atomic mass is 16.4. The quantitative estimate of drug-likeness (QED) is 0.451. The summed E-state index contributed by atoms with van der Waals surface area (Å²) in [5.74, 6) is 0. The topological polar surface area (TPSA) is 31.8 Å². The smallest absolute Gasteiger partial charge is 0.335 e. The van der Waals surface area contributed by atoms with E-state index in [0.29, 0.717) is 11.3 Å². The Bertz CT molecular complexity index is 473. The van der Waals surface area contributed by atoms with Gasteiger partial charge in [0.25, 0.3) is 0 Å². The molecule has 0 spiro atoms. The lowest BCUT2D eigenvalue weighted by molar-refractivity contribution is 1.31. The molecule has 3 heteroatoms. The summed E-state index contributed by atoms with van der Waals surface area (Å²) in [4.78, 5) is 3.42. The van der Waals surface area contributed by atoms with Gasteiger partial charge in [0.15, 0.2) is 5.69 Å². The number of nitrogens with zero attached hydrogens (tertiary/aromatic N) is 2. The van der Waals surface area contributed by atoms with Crippen LogP contribution in [-0.2, 0) is 0 Å². The van der Waals surface area contributed by atoms with Crippen molar-refractivity contribution in [2.75, 3.05) is 0 Å². The Balaban J connectivity index is 3.59. The molecule has 0 aliphatic rings.